The first kappa shape index (κ1) is 59.1. The van der Waals surface area contributed by atoms with Crippen LogP contribution in [0, 0.1) is 0 Å². The summed E-state index contributed by atoms with van der Waals surface area (Å²) in [7, 11) is -17.9. The van der Waals surface area contributed by atoms with E-state index in [4.69, 9.17) is 42.2 Å². The maximum atomic E-state index is 12.6. The first-order valence-corrected chi connectivity index (χ1v) is 24.1. The molecule has 0 aromatic carbocycles. The van der Waals surface area contributed by atoms with E-state index in [1.165, 1.54) is 0 Å². The average molecular weight is 1070 g/mol. The van der Waals surface area contributed by atoms with Crippen molar-refractivity contribution in [2.24, 2.45) is 0 Å². The Morgan fingerprint density at radius 3 is 1.68 bits per heavy atom. The summed E-state index contributed by atoms with van der Waals surface area (Å²) in [6, 6.07) is -1.87. The van der Waals surface area contributed by atoms with Crippen molar-refractivity contribution in [3.8, 4) is 0 Å². The topological polar surface area (TPSA) is 574 Å². The van der Waals surface area contributed by atoms with Crippen molar-refractivity contribution in [1.82, 2.24) is 5.32 Å². The quantitative estimate of drug-likeness (QED) is 0.0475. The van der Waals surface area contributed by atoms with Crippen LogP contribution in [0.25, 0.3) is 0 Å². The minimum absolute atomic E-state index is 0.905. The lowest BCUT2D eigenvalue weighted by molar-refractivity contribution is -0.390. The zero-order valence-electron chi connectivity index (χ0n) is 34.6. The van der Waals surface area contributed by atoms with Crippen molar-refractivity contribution in [2.45, 2.75) is 148 Å². The van der Waals surface area contributed by atoms with Gasteiger partial charge in [-0.2, -0.15) is 0 Å². The number of nitrogens with one attached hydrogen (secondary N) is 1. The second-order valence-electron chi connectivity index (χ2n) is 15.5. The summed E-state index contributed by atoms with van der Waals surface area (Å²) in [5, 5.41) is 139. The molecule has 0 spiro atoms. The van der Waals surface area contributed by atoms with E-state index in [2.05, 4.69) is 9.84 Å². The lowest BCUT2D eigenvalue weighted by Crippen LogP contribution is -2.70. The summed E-state index contributed by atoms with van der Waals surface area (Å²) in [5.41, 5.74) is 0. The number of aliphatic hydroxyl groups is 12. The number of carbonyl (C=O) groups excluding carboxylic acids is 1. The molecule has 0 aromatic rings. The molecule has 0 radical (unpaired) electrons. The number of carboxylic acid groups (broad SMARTS) is 1. The van der Waals surface area contributed by atoms with Gasteiger partial charge in [0.05, 0.1) is 32.5 Å². The van der Waals surface area contributed by atoms with E-state index < -0.39 is 203 Å². The third kappa shape index (κ3) is 14.6. The summed E-state index contributed by atoms with van der Waals surface area (Å²) in [6.45, 7) is -4.48. The second kappa shape index (κ2) is 23.6. The molecule has 20 N–H and O–H groups in total. The zero-order chi connectivity index (χ0) is 51.6. The highest BCUT2D eigenvalue weighted by molar-refractivity contribution is 7.46. The Morgan fingerprint density at radius 1 is 0.647 bits per heavy atom. The number of carbonyl (C=O) groups is 2. The van der Waals surface area contributed by atoms with Crippen molar-refractivity contribution in [3.05, 3.63) is 0 Å². The van der Waals surface area contributed by atoms with Gasteiger partial charge in [0.15, 0.2) is 18.9 Å². The van der Waals surface area contributed by atoms with Gasteiger partial charge in [0, 0.05) is 13.3 Å². The van der Waals surface area contributed by atoms with E-state index in [0.29, 0.717) is 0 Å². The maximum Gasteiger partial charge on any atom is 0.470 e. The van der Waals surface area contributed by atoms with Crippen molar-refractivity contribution in [2.75, 3.05) is 26.4 Å². The van der Waals surface area contributed by atoms with Crippen LogP contribution in [0.4, 0.5) is 0 Å². The minimum Gasteiger partial charge on any atom is -0.477 e. The number of phosphoric ester groups is 3. The highest BCUT2D eigenvalue weighted by atomic mass is 31.2. The van der Waals surface area contributed by atoms with Crippen LogP contribution in [0.15, 0.2) is 0 Å². The molecule has 4 heterocycles. The van der Waals surface area contributed by atoms with Crippen LogP contribution in [0.3, 0.4) is 0 Å². The molecule has 0 bridgehead atoms. The molecule has 68 heavy (non-hydrogen) atoms. The molecule has 398 valence electrons. The number of carboxylic acids is 1. The van der Waals surface area contributed by atoms with Gasteiger partial charge < -0.3 is 134 Å². The minimum atomic E-state index is -6.11. The zero-order valence-corrected chi connectivity index (χ0v) is 37.3. The Hall–Kier alpha value is -1.49. The molecule has 1 amide bonds. The largest absolute Gasteiger partial charge is 0.477 e. The molecule has 0 aliphatic carbocycles. The highest BCUT2D eigenvalue weighted by Crippen LogP contribution is 2.49. The van der Waals surface area contributed by atoms with Crippen LogP contribution in [-0.2, 0) is 70.0 Å². The second-order valence-corrected chi connectivity index (χ2v) is 19.1. The molecule has 4 saturated heterocycles. The van der Waals surface area contributed by atoms with E-state index in [-0.39, 0.29) is 0 Å². The Balaban J connectivity index is 1.92. The van der Waals surface area contributed by atoms with Crippen LogP contribution in [0.5, 0.6) is 0 Å². The van der Waals surface area contributed by atoms with Gasteiger partial charge >= 0.3 is 29.4 Å². The number of amides is 1. The van der Waals surface area contributed by atoms with Crippen LogP contribution < -0.4 is 5.32 Å². The smallest absolute Gasteiger partial charge is 0.470 e. The van der Waals surface area contributed by atoms with Crippen LogP contribution in [0.1, 0.15) is 13.3 Å². The molecule has 22 atom stereocenters. The number of rotatable bonds is 21. The summed E-state index contributed by atoms with van der Waals surface area (Å²) < 4.78 is 89.7. The van der Waals surface area contributed by atoms with Gasteiger partial charge in [0.2, 0.25) is 5.91 Å². The van der Waals surface area contributed by atoms with E-state index >= 15 is 0 Å². The summed E-state index contributed by atoms with van der Waals surface area (Å²) >= 11 is 0. The molecular formula is C30H54NO34P3. The summed E-state index contributed by atoms with van der Waals surface area (Å²) in [5.74, 6) is -6.42. The van der Waals surface area contributed by atoms with E-state index in [0.717, 1.165) is 6.92 Å². The number of aliphatic hydroxyl groups excluding tert-OH is 11. The van der Waals surface area contributed by atoms with Gasteiger partial charge in [-0.05, 0) is 0 Å². The molecule has 35 nitrogen and oxygen atoms in total. The fraction of sp³-hybridized carbons (Fsp3) is 0.933. The number of hydrogen-bond donors (Lipinski definition) is 20. The van der Waals surface area contributed by atoms with Gasteiger partial charge in [0.25, 0.3) is 5.79 Å². The number of phosphoric acid groups is 3. The fourth-order valence-corrected chi connectivity index (χ4v) is 9.23. The molecule has 4 aliphatic rings. The SMILES string of the molecule is CC(=O)N[C@H]1[C@@H](OC2C(O)C(OC3C(OP(=O)(O)O)C(O[C@H]4[C@@H]([C@H](O)CO)OC(O)(C(=O)O)C[C@H]4O)OC(C(O)CO)C3OP(=O)(O)O)OC(C(CO)OP(=O)(O)O)C2O)O[C@H](CO)[C@H](O)[C@@H]1O. The van der Waals surface area contributed by atoms with Crippen molar-refractivity contribution in [1.29, 1.82) is 0 Å². The van der Waals surface area contributed by atoms with Gasteiger partial charge in [-0.1, -0.05) is 0 Å². The van der Waals surface area contributed by atoms with Crippen LogP contribution in [-0.4, -0.2) is 269 Å². The molecule has 4 fully saturated rings. The van der Waals surface area contributed by atoms with Crippen LogP contribution >= 0.6 is 23.5 Å². The molecule has 0 saturated carbocycles. The molecule has 4 rings (SSSR count). The molecule has 38 heteroatoms. The van der Waals surface area contributed by atoms with Gasteiger partial charge in [-0.25, -0.2) is 18.5 Å². The van der Waals surface area contributed by atoms with Gasteiger partial charge in [0.1, 0.15) is 104 Å². The predicted octanol–water partition coefficient (Wildman–Crippen LogP) is -10.7. The van der Waals surface area contributed by atoms with Gasteiger partial charge in [-0.3, -0.25) is 18.4 Å². The average Bonchev–Trinajstić information content (AvgIpc) is 3.22. The normalized spacial score (nSPS) is 41.1. The van der Waals surface area contributed by atoms with Crippen LogP contribution in [0.2, 0.25) is 0 Å². The lowest BCUT2D eigenvalue weighted by Gasteiger charge is -2.51. The van der Waals surface area contributed by atoms with Crippen molar-refractivity contribution < 1.29 is 166 Å². The highest BCUT2D eigenvalue weighted by Gasteiger charge is 2.61. The predicted molar refractivity (Wildman–Crippen MR) is 201 cm³/mol. The summed E-state index contributed by atoms with van der Waals surface area (Å²) in [4.78, 5) is 83.3. The molecule has 0 aromatic heterocycles. The molecule has 13 unspecified atom stereocenters. The fourth-order valence-electron chi connectivity index (χ4n) is 7.59. The Morgan fingerprint density at radius 2 is 1.18 bits per heavy atom. The van der Waals surface area contributed by atoms with Crippen molar-refractivity contribution in [3.63, 3.8) is 0 Å². The number of hydrogen-bond acceptors (Lipinski definition) is 27. The number of ether oxygens (including phenoxy) is 7. The molecule has 4 aliphatic heterocycles. The standard InChI is InChI=1S/C30H54NO34P3/c1-7(36)31-13-15(41)14(40)11(5-34)56-26(13)60-22-16(42)21(12(6-35)63-66(47,48)49)59-27(17(22)43)61-23-24(64-67(50,51)52)19(9(38)3-32)58-28(25(23)65-68(53,54)55)57-18-8(37)2-30(46,29(44)45)62-20(18)10(39)4-33/h8-28,32-35,37-43,46H,2-6H2,1H3,(H,31,36)(H,44,45)(H2,47,48,49)(H2,50,51,52)(H2,53,54,55)/t8-,9?,10-,11-,12?,13-,14+,15-,16?,17?,18-,19?,20-,21?,22?,23?,24?,25?,26-,27?,28?,30?/m1/s1. The van der Waals surface area contributed by atoms with E-state index in [1.54, 1.807) is 0 Å². The van der Waals surface area contributed by atoms with Crippen molar-refractivity contribution >= 4 is 35.3 Å². The third-order valence-electron chi connectivity index (χ3n) is 10.6. The number of aliphatic carboxylic acids is 1. The first-order valence-electron chi connectivity index (χ1n) is 19.5. The van der Waals surface area contributed by atoms with Gasteiger partial charge in [-0.15, -0.1) is 0 Å². The Bertz CT molecular complexity index is 1820. The molecular weight excluding hydrogens is 1010 g/mol. The lowest BCUT2D eigenvalue weighted by atomic mass is 9.91. The first-order chi connectivity index (χ1) is 31.3. The third-order valence-corrected chi connectivity index (χ3v) is 12.1. The monoisotopic (exact) mass is 1070 g/mol. The Kier molecular flexibility index (Phi) is 20.5. The maximum absolute atomic E-state index is 12.6. The Labute approximate surface area is 380 Å². The van der Waals surface area contributed by atoms with E-state index in [1.807, 2.05) is 0 Å². The summed E-state index contributed by atoms with van der Waals surface area (Å²) in [6.07, 6.45) is -50.5. The van der Waals surface area contributed by atoms with E-state index in [9.17, 15) is 119 Å².